The quantitative estimate of drug-likeness (QED) is 0.591. The third-order valence-electron chi connectivity index (χ3n) is 2.17. The molecule has 3 nitrogen and oxygen atoms in total. The first-order valence-corrected chi connectivity index (χ1v) is 4.97. The Bertz CT molecular complexity index is 148. The van der Waals surface area contributed by atoms with Gasteiger partial charge in [0.1, 0.15) is 0 Å². The Hall–Kier alpha value is -0.570. The number of nitrogens with zero attached hydrogens (tertiary/aromatic N) is 1. The molecule has 0 spiro atoms. The summed E-state index contributed by atoms with van der Waals surface area (Å²) in [6.07, 6.45) is 0.878. The van der Waals surface area contributed by atoms with Crippen molar-refractivity contribution in [2.24, 2.45) is 5.92 Å². The summed E-state index contributed by atoms with van der Waals surface area (Å²) in [5, 5.41) is 0. The molecule has 78 valence electrons. The van der Waals surface area contributed by atoms with Crippen LogP contribution in [0.3, 0.4) is 0 Å². The molecular weight excluding hydrogens is 166 g/mol. The van der Waals surface area contributed by atoms with E-state index in [-0.39, 0.29) is 11.9 Å². The Morgan fingerprint density at radius 3 is 2.54 bits per heavy atom. The molecule has 0 heterocycles. The van der Waals surface area contributed by atoms with E-state index in [4.69, 9.17) is 4.74 Å². The lowest BCUT2D eigenvalue weighted by molar-refractivity contribution is -0.147. The maximum atomic E-state index is 11.2. The molecule has 0 aromatic rings. The predicted octanol–water partition coefficient (Wildman–Crippen LogP) is 1.53. The lowest BCUT2D eigenvalue weighted by Crippen LogP contribution is -2.24. The Morgan fingerprint density at radius 2 is 2.08 bits per heavy atom. The van der Waals surface area contributed by atoms with E-state index in [1.54, 1.807) is 0 Å². The molecule has 0 saturated heterocycles. The van der Waals surface area contributed by atoms with Gasteiger partial charge in [0.05, 0.1) is 12.5 Å². The Morgan fingerprint density at radius 1 is 1.46 bits per heavy atom. The number of hydrogen-bond donors (Lipinski definition) is 0. The van der Waals surface area contributed by atoms with Crippen LogP contribution in [0.1, 0.15) is 27.2 Å². The van der Waals surface area contributed by atoms with Gasteiger partial charge in [-0.3, -0.25) is 4.79 Å². The van der Waals surface area contributed by atoms with E-state index in [1.807, 2.05) is 13.8 Å². The van der Waals surface area contributed by atoms with Crippen molar-refractivity contribution in [3.05, 3.63) is 0 Å². The van der Waals surface area contributed by atoms with Crippen molar-refractivity contribution in [2.45, 2.75) is 27.2 Å². The fraction of sp³-hybridized carbons (Fsp3) is 0.900. The van der Waals surface area contributed by atoms with Gasteiger partial charge in [-0.05, 0) is 33.5 Å². The summed E-state index contributed by atoms with van der Waals surface area (Å²) < 4.78 is 4.91. The minimum Gasteiger partial charge on any atom is -0.466 e. The van der Waals surface area contributed by atoms with E-state index in [1.165, 1.54) is 0 Å². The van der Waals surface area contributed by atoms with Gasteiger partial charge in [0.25, 0.3) is 0 Å². The molecule has 13 heavy (non-hydrogen) atoms. The van der Waals surface area contributed by atoms with Crippen molar-refractivity contribution in [3.8, 4) is 0 Å². The third-order valence-corrected chi connectivity index (χ3v) is 2.17. The van der Waals surface area contributed by atoms with Crippen LogP contribution in [0, 0.1) is 5.92 Å². The van der Waals surface area contributed by atoms with Crippen molar-refractivity contribution < 1.29 is 9.53 Å². The van der Waals surface area contributed by atoms with Gasteiger partial charge in [-0.1, -0.05) is 13.8 Å². The second-order valence-corrected chi connectivity index (χ2v) is 3.34. The third kappa shape index (κ3) is 5.64. The summed E-state index contributed by atoms with van der Waals surface area (Å²) in [6.45, 7) is 8.32. The normalized spacial score (nSPS) is 13.0. The number of carbonyl (C=O) groups excluding carboxylic acids is 1. The van der Waals surface area contributed by atoms with Crippen molar-refractivity contribution >= 4 is 5.97 Å². The molecule has 0 bridgehead atoms. The van der Waals surface area contributed by atoms with E-state index < -0.39 is 0 Å². The smallest absolute Gasteiger partial charge is 0.308 e. The largest absolute Gasteiger partial charge is 0.466 e. The van der Waals surface area contributed by atoms with Crippen molar-refractivity contribution in [2.75, 3.05) is 26.7 Å². The molecule has 0 saturated carbocycles. The summed E-state index contributed by atoms with van der Waals surface area (Å²) in [5.41, 5.74) is 0. The highest BCUT2D eigenvalue weighted by Gasteiger charge is 2.13. The molecule has 1 atom stereocenters. The van der Waals surface area contributed by atoms with Crippen LogP contribution in [0.2, 0.25) is 0 Å². The van der Waals surface area contributed by atoms with E-state index in [0.29, 0.717) is 6.61 Å². The molecule has 3 heteroatoms. The highest BCUT2D eigenvalue weighted by atomic mass is 16.5. The molecule has 0 aliphatic carbocycles. The van der Waals surface area contributed by atoms with E-state index in [0.717, 1.165) is 19.5 Å². The summed E-state index contributed by atoms with van der Waals surface area (Å²) in [5.74, 6) is -0.0547. The van der Waals surface area contributed by atoms with Gasteiger partial charge in [0.2, 0.25) is 0 Å². The molecule has 0 aliphatic heterocycles. The first kappa shape index (κ1) is 12.4. The van der Waals surface area contributed by atoms with Gasteiger partial charge < -0.3 is 9.64 Å². The molecule has 1 unspecified atom stereocenters. The van der Waals surface area contributed by atoms with Crippen LogP contribution >= 0.6 is 0 Å². The van der Waals surface area contributed by atoms with Crippen LogP contribution in [0.15, 0.2) is 0 Å². The van der Waals surface area contributed by atoms with Crippen LogP contribution in [0.4, 0.5) is 0 Å². The molecule has 0 amide bonds. The number of hydrogen-bond acceptors (Lipinski definition) is 3. The average molecular weight is 187 g/mol. The van der Waals surface area contributed by atoms with Gasteiger partial charge in [0, 0.05) is 0 Å². The Labute approximate surface area is 81.1 Å². The van der Waals surface area contributed by atoms with Crippen molar-refractivity contribution in [1.29, 1.82) is 0 Å². The molecule has 0 fully saturated rings. The predicted molar refractivity (Wildman–Crippen MR) is 53.6 cm³/mol. The number of esters is 1. The zero-order chi connectivity index (χ0) is 10.3. The molecular formula is C10H21NO2. The summed E-state index contributed by atoms with van der Waals surface area (Å²) in [4.78, 5) is 13.4. The second-order valence-electron chi connectivity index (χ2n) is 3.34. The molecule has 0 aromatic carbocycles. The van der Waals surface area contributed by atoms with Gasteiger partial charge in [-0.15, -0.1) is 0 Å². The first-order chi connectivity index (χ1) is 6.11. The standard InChI is InChI=1S/C10H21NO2/c1-5-11(4)8-7-9(3)10(12)13-6-2/h9H,5-8H2,1-4H3. The zero-order valence-corrected chi connectivity index (χ0v) is 9.17. The SMILES string of the molecule is CCOC(=O)C(C)CCN(C)CC. The van der Waals surface area contributed by atoms with Crippen LogP contribution in [0.25, 0.3) is 0 Å². The van der Waals surface area contributed by atoms with Gasteiger partial charge in [-0.25, -0.2) is 0 Å². The van der Waals surface area contributed by atoms with Crippen LogP contribution in [-0.2, 0) is 9.53 Å². The van der Waals surface area contributed by atoms with Gasteiger partial charge >= 0.3 is 5.97 Å². The fourth-order valence-corrected chi connectivity index (χ4v) is 0.975. The topological polar surface area (TPSA) is 29.5 Å². The Balaban J connectivity index is 3.60. The summed E-state index contributed by atoms with van der Waals surface area (Å²) >= 11 is 0. The molecule has 0 aromatic heterocycles. The van der Waals surface area contributed by atoms with E-state index >= 15 is 0 Å². The minimum absolute atomic E-state index is 0.0222. The highest BCUT2D eigenvalue weighted by molar-refractivity contribution is 5.71. The average Bonchev–Trinajstić information content (AvgIpc) is 2.13. The molecule has 0 rings (SSSR count). The monoisotopic (exact) mass is 187 g/mol. The lowest BCUT2D eigenvalue weighted by atomic mass is 10.1. The number of ether oxygens (including phenoxy) is 1. The van der Waals surface area contributed by atoms with Crippen LogP contribution in [0.5, 0.6) is 0 Å². The lowest BCUT2D eigenvalue weighted by Gasteiger charge is -2.16. The Kier molecular flexibility index (Phi) is 6.59. The molecule has 0 N–H and O–H groups in total. The van der Waals surface area contributed by atoms with E-state index in [2.05, 4.69) is 18.9 Å². The molecule has 0 radical (unpaired) electrons. The first-order valence-electron chi connectivity index (χ1n) is 4.97. The van der Waals surface area contributed by atoms with Gasteiger partial charge in [-0.2, -0.15) is 0 Å². The number of carbonyl (C=O) groups is 1. The van der Waals surface area contributed by atoms with Crippen LogP contribution in [-0.4, -0.2) is 37.6 Å². The zero-order valence-electron chi connectivity index (χ0n) is 9.17. The highest BCUT2D eigenvalue weighted by Crippen LogP contribution is 2.05. The maximum Gasteiger partial charge on any atom is 0.308 e. The van der Waals surface area contributed by atoms with E-state index in [9.17, 15) is 4.79 Å². The van der Waals surface area contributed by atoms with Crippen LogP contribution < -0.4 is 0 Å². The van der Waals surface area contributed by atoms with Crippen molar-refractivity contribution in [3.63, 3.8) is 0 Å². The number of rotatable bonds is 6. The minimum atomic E-state index is -0.0768. The summed E-state index contributed by atoms with van der Waals surface area (Å²) in [6, 6.07) is 0. The second kappa shape index (κ2) is 6.89. The maximum absolute atomic E-state index is 11.2. The fourth-order valence-electron chi connectivity index (χ4n) is 0.975. The van der Waals surface area contributed by atoms with Gasteiger partial charge in [0.15, 0.2) is 0 Å². The van der Waals surface area contributed by atoms with Crippen molar-refractivity contribution in [1.82, 2.24) is 4.90 Å². The summed E-state index contributed by atoms with van der Waals surface area (Å²) in [7, 11) is 2.05. The molecule has 0 aliphatic rings.